The number of nitrogens with zero attached hydrogens (tertiary/aromatic N) is 1. The summed E-state index contributed by atoms with van der Waals surface area (Å²) in [5, 5.41) is 11.0. The van der Waals surface area contributed by atoms with Crippen molar-refractivity contribution in [1.82, 2.24) is 10.2 Å². The number of carboxylic acid groups (broad SMARTS) is 1. The van der Waals surface area contributed by atoms with Crippen LogP contribution in [0, 0.1) is 0 Å². The summed E-state index contributed by atoms with van der Waals surface area (Å²) in [5.74, 6) is -2.29. The van der Waals surface area contributed by atoms with Crippen molar-refractivity contribution in [2.75, 3.05) is 27.2 Å². The third-order valence-corrected chi connectivity index (χ3v) is 1.23. The first kappa shape index (κ1) is 9.90. The topological polar surface area (TPSA) is 69.6 Å². The van der Waals surface area contributed by atoms with Crippen molar-refractivity contribution in [2.45, 2.75) is 0 Å². The lowest BCUT2D eigenvalue weighted by Crippen LogP contribution is -2.37. The van der Waals surface area contributed by atoms with E-state index in [9.17, 15) is 9.59 Å². The largest absolute Gasteiger partial charge is 0.474 e. The number of hydrogen-bond acceptors (Lipinski definition) is 3. The molecule has 5 nitrogen and oxygen atoms in total. The van der Waals surface area contributed by atoms with Gasteiger partial charge in [-0.25, -0.2) is 4.79 Å². The molecule has 0 aromatic rings. The molecule has 0 aliphatic carbocycles. The summed E-state index contributed by atoms with van der Waals surface area (Å²) in [6.07, 6.45) is 0. The van der Waals surface area contributed by atoms with E-state index in [0.717, 1.165) is 4.90 Å². The maximum Gasteiger partial charge on any atom is 0.394 e. The van der Waals surface area contributed by atoms with Gasteiger partial charge in [0.25, 0.3) is 0 Å². The number of nitrogens with one attached hydrogen (secondary N) is 1. The molecule has 2 N–H and O–H groups in total. The Bertz CT molecular complexity index is 158. The van der Waals surface area contributed by atoms with Gasteiger partial charge in [0.2, 0.25) is 0 Å². The molecule has 1 amide bonds. The second-order valence-corrected chi connectivity index (χ2v) is 2.14. The standard InChI is InChI=1S/C6H12N2O3/c1-7-3-4-8(2)5(9)6(10)11/h7H,3-4H2,1-2H3,(H,10,11). The molecule has 0 bridgehead atoms. The molecular weight excluding hydrogens is 148 g/mol. The van der Waals surface area contributed by atoms with Crippen molar-refractivity contribution in [2.24, 2.45) is 0 Å². The van der Waals surface area contributed by atoms with E-state index in [-0.39, 0.29) is 0 Å². The van der Waals surface area contributed by atoms with E-state index in [1.54, 1.807) is 7.05 Å². The summed E-state index contributed by atoms with van der Waals surface area (Å²) in [6.45, 7) is 0.997. The van der Waals surface area contributed by atoms with E-state index in [4.69, 9.17) is 5.11 Å². The van der Waals surface area contributed by atoms with Crippen LogP contribution in [0.25, 0.3) is 0 Å². The Kier molecular flexibility index (Phi) is 4.21. The molecule has 0 aromatic heterocycles. The zero-order valence-electron chi connectivity index (χ0n) is 6.63. The number of rotatable bonds is 3. The van der Waals surface area contributed by atoms with E-state index in [0.29, 0.717) is 13.1 Å². The normalized spacial score (nSPS) is 9.27. The average Bonchev–Trinajstić information content (AvgIpc) is 1.98. The van der Waals surface area contributed by atoms with Crippen molar-refractivity contribution in [3.8, 4) is 0 Å². The van der Waals surface area contributed by atoms with Crippen LogP contribution < -0.4 is 5.32 Å². The molecule has 0 radical (unpaired) electrons. The lowest BCUT2D eigenvalue weighted by Gasteiger charge is -2.13. The van der Waals surface area contributed by atoms with Gasteiger partial charge < -0.3 is 15.3 Å². The van der Waals surface area contributed by atoms with Crippen LogP contribution >= 0.6 is 0 Å². The number of carboxylic acids is 1. The molecule has 0 atom stereocenters. The van der Waals surface area contributed by atoms with Crippen LogP contribution in [0.2, 0.25) is 0 Å². The monoisotopic (exact) mass is 160 g/mol. The van der Waals surface area contributed by atoms with E-state index < -0.39 is 11.9 Å². The zero-order valence-corrected chi connectivity index (χ0v) is 6.63. The minimum Gasteiger partial charge on any atom is -0.474 e. The maximum atomic E-state index is 10.6. The van der Waals surface area contributed by atoms with Crippen molar-refractivity contribution in [3.05, 3.63) is 0 Å². The number of likely N-dealkylation sites (N-methyl/N-ethyl adjacent to an activating group) is 2. The van der Waals surface area contributed by atoms with Gasteiger partial charge >= 0.3 is 11.9 Å². The molecular formula is C6H12N2O3. The average molecular weight is 160 g/mol. The Labute approximate surface area is 65.0 Å². The molecule has 0 unspecified atom stereocenters. The smallest absolute Gasteiger partial charge is 0.394 e. The van der Waals surface area contributed by atoms with Gasteiger partial charge in [-0.1, -0.05) is 0 Å². The summed E-state index contributed by atoms with van der Waals surface area (Å²) >= 11 is 0. The predicted molar refractivity (Wildman–Crippen MR) is 39.2 cm³/mol. The highest BCUT2D eigenvalue weighted by Crippen LogP contribution is 1.82. The second-order valence-electron chi connectivity index (χ2n) is 2.14. The zero-order chi connectivity index (χ0) is 8.85. The molecule has 0 heterocycles. The van der Waals surface area contributed by atoms with Gasteiger partial charge in [0, 0.05) is 20.1 Å². The van der Waals surface area contributed by atoms with Crippen LogP contribution in [-0.2, 0) is 9.59 Å². The van der Waals surface area contributed by atoms with Crippen LogP contribution in [-0.4, -0.2) is 49.1 Å². The molecule has 0 aromatic carbocycles. The van der Waals surface area contributed by atoms with Crippen molar-refractivity contribution >= 4 is 11.9 Å². The van der Waals surface area contributed by atoms with Gasteiger partial charge in [0.15, 0.2) is 0 Å². The Morgan fingerprint density at radius 2 is 2.09 bits per heavy atom. The van der Waals surface area contributed by atoms with E-state index in [1.165, 1.54) is 7.05 Å². The molecule has 0 spiro atoms. The number of hydrogen-bond donors (Lipinski definition) is 2. The fourth-order valence-electron chi connectivity index (χ4n) is 0.544. The highest BCUT2D eigenvalue weighted by atomic mass is 16.4. The third kappa shape index (κ3) is 3.57. The van der Waals surface area contributed by atoms with Crippen molar-refractivity contribution < 1.29 is 14.7 Å². The molecule has 0 rings (SSSR count). The van der Waals surface area contributed by atoms with Crippen LogP contribution in [0.5, 0.6) is 0 Å². The van der Waals surface area contributed by atoms with Gasteiger partial charge in [-0.05, 0) is 7.05 Å². The fourth-order valence-corrected chi connectivity index (χ4v) is 0.544. The van der Waals surface area contributed by atoms with Gasteiger partial charge in [-0.2, -0.15) is 0 Å². The number of aliphatic carboxylic acids is 1. The number of amides is 1. The predicted octanol–water partition coefficient (Wildman–Crippen LogP) is -1.25. The first-order valence-electron chi connectivity index (χ1n) is 3.22. The fraction of sp³-hybridized carbons (Fsp3) is 0.667. The van der Waals surface area contributed by atoms with Gasteiger partial charge in [-0.15, -0.1) is 0 Å². The van der Waals surface area contributed by atoms with E-state index in [1.807, 2.05) is 0 Å². The lowest BCUT2D eigenvalue weighted by molar-refractivity contribution is -0.155. The summed E-state index contributed by atoms with van der Waals surface area (Å²) in [4.78, 5) is 21.9. The number of carbonyl (C=O) groups is 2. The molecule has 0 saturated heterocycles. The Hall–Kier alpha value is -1.10. The summed E-state index contributed by atoms with van der Waals surface area (Å²) in [7, 11) is 3.19. The minimum absolute atomic E-state index is 0.404. The van der Waals surface area contributed by atoms with Crippen LogP contribution in [0.4, 0.5) is 0 Å². The quantitative estimate of drug-likeness (QED) is 0.506. The summed E-state index contributed by atoms with van der Waals surface area (Å²) in [5.41, 5.74) is 0. The molecule has 0 fully saturated rings. The van der Waals surface area contributed by atoms with E-state index in [2.05, 4.69) is 5.32 Å². The Morgan fingerprint density at radius 3 is 2.45 bits per heavy atom. The Morgan fingerprint density at radius 1 is 1.55 bits per heavy atom. The molecule has 0 saturated carbocycles. The van der Waals surface area contributed by atoms with Crippen LogP contribution in [0.15, 0.2) is 0 Å². The first-order valence-corrected chi connectivity index (χ1v) is 3.22. The molecule has 11 heavy (non-hydrogen) atoms. The van der Waals surface area contributed by atoms with Gasteiger partial charge in [0.05, 0.1) is 0 Å². The maximum absolute atomic E-state index is 10.6. The van der Waals surface area contributed by atoms with Crippen LogP contribution in [0.3, 0.4) is 0 Å². The molecule has 5 heteroatoms. The lowest BCUT2D eigenvalue weighted by atomic mass is 10.5. The highest BCUT2D eigenvalue weighted by molar-refractivity contribution is 6.31. The molecule has 0 aliphatic heterocycles. The highest BCUT2D eigenvalue weighted by Gasteiger charge is 2.15. The summed E-state index contributed by atoms with van der Waals surface area (Å²) in [6, 6.07) is 0. The van der Waals surface area contributed by atoms with Crippen LogP contribution in [0.1, 0.15) is 0 Å². The second kappa shape index (κ2) is 4.68. The SMILES string of the molecule is CNCCN(C)C(=O)C(=O)O. The minimum atomic E-state index is -1.41. The number of carbonyl (C=O) groups excluding carboxylic acids is 1. The van der Waals surface area contributed by atoms with Crippen molar-refractivity contribution in [1.29, 1.82) is 0 Å². The van der Waals surface area contributed by atoms with Gasteiger partial charge in [0.1, 0.15) is 0 Å². The molecule has 0 aliphatic rings. The molecule has 64 valence electrons. The van der Waals surface area contributed by atoms with Crippen molar-refractivity contribution in [3.63, 3.8) is 0 Å². The van der Waals surface area contributed by atoms with Gasteiger partial charge in [-0.3, -0.25) is 4.79 Å². The Balaban J connectivity index is 3.73. The first-order chi connectivity index (χ1) is 5.09. The summed E-state index contributed by atoms with van der Waals surface area (Å²) < 4.78 is 0. The third-order valence-electron chi connectivity index (χ3n) is 1.23. The van der Waals surface area contributed by atoms with E-state index >= 15 is 0 Å².